The highest BCUT2D eigenvalue weighted by atomic mass is 35.5. The summed E-state index contributed by atoms with van der Waals surface area (Å²) in [5.41, 5.74) is 1.52. The standard InChI is InChI=1S/C18H14Cl2N4O2/c1-26-16-5-3-2-4-15(16)24-17(25)11-9-21-18(22-10-11)23-14-7-12(19)6-13(20)8-14/h2-10H,1H3,(H,24,25)(H,21,22,23). The third-order valence-corrected chi connectivity index (χ3v) is 3.82. The normalized spacial score (nSPS) is 10.3. The molecule has 0 saturated carbocycles. The number of aromatic nitrogens is 2. The number of benzene rings is 2. The molecule has 1 amide bonds. The fourth-order valence-corrected chi connectivity index (χ4v) is 2.73. The number of para-hydroxylation sites is 2. The number of hydrogen-bond acceptors (Lipinski definition) is 5. The van der Waals surface area contributed by atoms with Crippen LogP contribution in [0, 0.1) is 0 Å². The molecular formula is C18H14Cl2N4O2. The molecular weight excluding hydrogens is 375 g/mol. The molecule has 0 fully saturated rings. The van der Waals surface area contributed by atoms with Gasteiger partial charge >= 0.3 is 0 Å². The van der Waals surface area contributed by atoms with E-state index in [1.807, 2.05) is 6.07 Å². The molecule has 0 aliphatic carbocycles. The van der Waals surface area contributed by atoms with E-state index in [4.69, 9.17) is 27.9 Å². The number of nitrogens with zero attached hydrogens (tertiary/aromatic N) is 2. The van der Waals surface area contributed by atoms with Crippen LogP contribution >= 0.6 is 23.2 Å². The van der Waals surface area contributed by atoms with Gasteiger partial charge in [0.15, 0.2) is 0 Å². The van der Waals surface area contributed by atoms with Crippen molar-refractivity contribution in [2.75, 3.05) is 17.7 Å². The Kier molecular flexibility index (Phi) is 5.55. The zero-order valence-electron chi connectivity index (χ0n) is 13.7. The topological polar surface area (TPSA) is 76.1 Å². The minimum atomic E-state index is -0.341. The Morgan fingerprint density at radius 2 is 1.69 bits per heavy atom. The molecule has 1 aromatic heterocycles. The third kappa shape index (κ3) is 4.41. The van der Waals surface area contributed by atoms with Crippen molar-refractivity contribution in [3.05, 3.63) is 70.5 Å². The Morgan fingerprint density at radius 1 is 1.04 bits per heavy atom. The van der Waals surface area contributed by atoms with Gasteiger partial charge in [-0.1, -0.05) is 35.3 Å². The minimum Gasteiger partial charge on any atom is -0.495 e. The maximum atomic E-state index is 12.3. The summed E-state index contributed by atoms with van der Waals surface area (Å²) in [4.78, 5) is 20.6. The first-order valence-electron chi connectivity index (χ1n) is 7.54. The third-order valence-electron chi connectivity index (χ3n) is 3.39. The molecule has 0 saturated heterocycles. The molecule has 0 atom stereocenters. The molecule has 2 aromatic carbocycles. The second-order valence-corrected chi connectivity index (χ2v) is 6.11. The first kappa shape index (κ1) is 18.0. The van der Waals surface area contributed by atoms with E-state index in [0.29, 0.717) is 38.7 Å². The number of rotatable bonds is 5. The first-order valence-corrected chi connectivity index (χ1v) is 8.30. The van der Waals surface area contributed by atoms with Gasteiger partial charge in [0.2, 0.25) is 5.95 Å². The highest BCUT2D eigenvalue weighted by Gasteiger charge is 2.11. The monoisotopic (exact) mass is 388 g/mol. The fraction of sp³-hybridized carbons (Fsp3) is 0.0556. The average molecular weight is 389 g/mol. The maximum absolute atomic E-state index is 12.3. The van der Waals surface area contributed by atoms with Crippen LogP contribution in [0.5, 0.6) is 5.75 Å². The Bertz CT molecular complexity index is 912. The summed E-state index contributed by atoms with van der Waals surface area (Å²) in [6.07, 6.45) is 2.85. The summed E-state index contributed by atoms with van der Waals surface area (Å²) in [5, 5.41) is 6.73. The molecule has 8 heteroatoms. The van der Waals surface area contributed by atoms with E-state index in [9.17, 15) is 4.79 Å². The van der Waals surface area contributed by atoms with Crippen molar-refractivity contribution >= 4 is 46.4 Å². The highest BCUT2D eigenvalue weighted by Crippen LogP contribution is 2.25. The van der Waals surface area contributed by atoms with Crippen molar-refractivity contribution in [1.82, 2.24) is 9.97 Å². The quantitative estimate of drug-likeness (QED) is 0.656. The molecule has 132 valence electrons. The van der Waals surface area contributed by atoms with Crippen LogP contribution in [0.2, 0.25) is 10.0 Å². The number of halogens is 2. The van der Waals surface area contributed by atoms with Gasteiger partial charge in [-0.15, -0.1) is 0 Å². The van der Waals surface area contributed by atoms with Gasteiger partial charge < -0.3 is 15.4 Å². The second-order valence-electron chi connectivity index (χ2n) is 5.23. The van der Waals surface area contributed by atoms with Gasteiger partial charge in [0, 0.05) is 28.1 Å². The van der Waals surface area contributed by atoms with Gasteiger partial charge in [-0.2, -0.15) is 0 Å². The Hall–Kier alpha value is -2.83. The summed E-state index contributed by atoms with van der Waals surface area (Å²) in [6.45, 7) is 0. The lowest BCUT2D eigenvalue weighted by Crippen LogP contribution is -2.13. The molecule has 2 N–H and O–H groups in total. The SMILES string of the molecule is COc1ccccc1NC(=O)c1cnc(Nc2cc(Cl)cc(Cl)c2)nc1. The second kappa shape index (κ2) is 8.03. The van der Waals surface area contributed by atoms with E-state index in [2.05, 4.69) is 20.6 Å². The first-order chi connectivity index (χ1) is 12.5. The zero-order chi connectivity index (χ0) is 18.5. The van der Waals surface area contributed by atoms with Gasteiger partial charge in [-0.3, -0.25) is 4.79 Å². The van der Waals surface area contributed by atoms with Crippen LogP contribution in [-0.2, 0) is 0 Å². The van der Waals surface area contributed by atoms with Crippen LogP contribution in [0.4, 0.5) is 17.3 Å². The number of anilines is 3. The van der Waals surface area contributed by atoms with E-state index >= 15 is 0 Å². The molecule has 0 unspecified atom stereocenters. The zero-order valence-corrected chi connectivity index (χ0v) is 15.2. The van der Waals surface area contributed by atoms with Crippen LogP contribution in [0.25, 0.3) is 0 Å². The van der Waals surface area contributed by atoms with E-state index in [-0.39, 0.29) is 5.91 Å². The molecule has 0 spiro atoms. The van der Waals surface area contributed by atoms with E-state index in [0.717, 1.165) is 0 Å². The van der Waals surface area contributed by atoms with Gasteiger partial charge in [0.25, 0.3) is 5.91 Å². The van der Waals surface area contributed by atoms with Crippen molar-refractivity contribution in [1.29, 1.82) is 0 Å². The fourth-order valence-electron chi connectivity index (χ4n) is 2.21. The lowest BCUT2D eigenvalue weighted by Gasteiger charge is -2.10. The van der Waals surface area contributed by atoms with E-state index in [1.54, 1.807) is 36.4 Å². The molecule has 3 rings (SSSR count). The summed E-state index contributed by atoms with van der Waals surface area (Å²) in [6, 6.07) is 12.1. The molecule has 6 nitrogen and oxygen atoms in total. The number of ether oxygens (including phenoxy) is 1. The maximum Gasteiger partial charge on any atom is 0.258 e. The molecule has 26 heavy (non-hydrogen) atoms. The minimum absolute atomic E-state index is 0.311. The largest absolute Gasteiger partial charge is 0.495 e. The van der Waals surface area contributed by atoms with Crippen LogP contribution in [0.1, 0.15) is 10.4 Å². The van der Waals surface area contributed by atoms with Crippen molar-refractivity contribution in [2.45, 2.75) is 0 Å². The predicted molar refractivity (Wildman–Crippen MR) is 103 cm³/mol. The molecule has 0 radical (unpaired) electrons. The van der Waals surface area contributed by atoms with Gasteiger partial charge in [0.05, 0.1) is 18.4 Å². The van der Waals surface area contributed by atoms with Gasteiger partial charge in [-0.25, -0.2) is 9.97 Å². The number of amides is 1. The average Bonchev–Trinajstić information content (AvgIpc) is 2.62. The molecule has 3 aromatic rings. The Labute approximate surface area is 160 Å². The van der Waals surface area contributed by atoms with E-state index in [1.165, 1.54) is 19.5 Å². The number of carbonyl (C=O) groups excluding carboxylic acids is 1. The van der Waals surface area contributed by atoms with Crippen LogP contribution < -0.4 is 15.4 Å². The van der Waals surface area contributed by atoms with E-state index < -0.39 is 0 Å². The van der Waals surface area contributed by atoms with Gasteiger partial charge in [-0.05, 0) is 30.3 Å². The van der Waals surface area contributed by atoms with Gasteiger partial charge in [0.1, 0.15) is 5.75 Å². The Balaban J connectivity index is 1.71. The number of nitrogens with one attached hydrogen (secondary N) is 2. The molecule has 1 heterocycles. The van der Waals surface area contributed by atoms with Crippen LogP contribution in [0.15, 0.2) is 54.9 Å². The van der Waals surface area contributed by atoms with Crippen molar-refractivity contribution < 1.29 is 9.53 Å². The highest BCUT2D eigenvalue weighted by molar-refractivity contribution is 6.35. The van der Waals surface area contributed by atoms with Crippen molar-refractivity contribution in [3.8, 4) is 5.75 Å². The van der Waals surface area contributed by atoms with Crippen LogP contribution in [-0.4, -0.2) is 23.0 Å². The summed E-state index contributed by atoms with van der Waals surface area (Å²) in [7, 11) is 1.54. The number of hydrogen-bond donors (Lipinski definition) is 2. The molecule has 0 aliphatic heterocycles. The summed E-state index contributed by atoms with van der Waals surface area (Å²) < 4.78 is 5.21. The predicted octanol–water partition coefficient (Wildman–Crippen LogP) is 4.79. The smallest absolute Gasteiger partial charge is 0.258 e. The lowest BCUT2D eigenvalue weighted by atomic mass is 10.2. The summed E-state index contributed by atoms with van der Waals surface area (Å²) >= 11 is 11.9. The Morgan fingerprint density at radius 3 is 2.35 bits per heavy atom. The number of methoxy groups -OCH3 is 1. The number of carbonyl (C=O) groups is 1. The lowest BCUT2D eigenvalue weighted by molar-refractivity contribution is 0.102. The molecule has 0 bridgehead atoms. The van der Waals surface area contributed by atoms with Crippen molar-refractivity contribution in [2.24, 2.45) is 0 Å². The molecule has 0 aliphatic rings. The van der Waals surface area contributed by atoms with Crippen LogP contribution in [0.3, 0.4) is 0 Å². The van der Waals surface area contributed by atoms with Crippen molar-refractivity contribution in [3.63, 3.8) is 0 Å². The summed E-state index contributed by atoms with van der Waals surface area (Å²) in [5.74, 6) is 0.543.